The van der Waals surface area contributed by atoms with Crippen molar-refractivity contribution in [2.45, 2.75) is 56.9 Å². The fourth-order valence-electron chi connectivity index (χ4n) is 2.50. The van der Waals surface area contributed by atoms with Crippen LogP contribution in [0.2, 0.25) is 0 Å². The average molecular weight is 228 g/mol. The Bertz CT molecular complexity index is 336. The maximum absolute atomic E-state index is 6.19. The highest BCUT2D eigenvalue weighted by Crippen LogP contribution is 2.42. The second-order valence-corrected chi connectivity index (χ2v) is 5.36. The number of hydrogen-bond donors (Lipinski definition) is 0. The molecule has 1 aliphatic rings. The second-order valence-electron chi connectivity index (χ2n) is 4.74. The molecule has 1 heterocycles. The van der Waals surface area contributed by atoms with Crippen molar-refractivity contribution < 1.29 is 0 Å². The summed E-state index contributed by atoms with van der Waals surface area (Å²) in [5, 5.41) is 8.49. The highest BCUT2D eigenvalue weighted by atomic mass is 35.5. The summed E-state index contributed by atoms with van der Waals surface area (Å²) < 4.78 is 2.04. The quantitative estimate of drug-likeness (QED) is 0.744. The summed E-state index contributed by atoms with van der Waals surface area (Å²) in [5.41, 5.74) is 1.44. The zero-order valence-electron chi connectivity index (χ0n) is 9.41. The molecule has 1 aromatic heterocycles. The van der Waals surface area contributed by atoms with E-state index in [1.165, 1.54) is 5.69 Å². The Balaban J connectivity index is 2.24. The minimum absolute atomic E-state index is 0.186. The average Bonchev–Trinajstić information content (AvgIpc) is 2.75. The van der Waals surface area contributed by atoms with Gasteiger partial charge in [-0.05, 0) is 25.7 Å². The molecular formula is C11H18ClN3. The molecule has 0 aliphatic heterocycles. The van der Waals surface area contributed by atoms with Crippen LogP contribution < -0.4 is 0 Å². The van der Waals surface area contributed by atoms with E-state index in [9.17, 15) is 0 Å². The van der Waals surface area contributed by atoms with Crippen LogP contribution in [0.4, 0.5) is 0 Å². The molecule has 1 saturated carbocycles. The fourth-order valence-corrected chi connectivity index (χ4v) is 2.95. The summed E-state index contributed by atoms with van der Waals surface area (Å²) in [6, 6.07) is 0. The number of aromatic nitrogens is 3. The molecule has 2 atom stereocenters. The van der Waals surface area contributed by atoms with Gasteiger partial charge in [0.1, 0.15) is 0 Å². The van der Waals surface area contributed by atoms with E-state index in [-0.39, 0.29) is 5.41 Å². The van der Waals surface area contributed by atoms with Gasteiger partial charge < -0.3 is 0 Å². The van der Waals surface area contributed by atoms with Gasteiger partial charge in [0.05, 0.1) is 11.9 Å². The molecule has 0 saturated heterocycles. The highest BCUT2D eigenvalue weighted by molar-refractivity contribution is 6.20. The van der Waals surface area contributed by atoms with E-state index in [0.29, 0.717) is 5.38 Å². The van der Waals surface area contributed by atoms with E-state index in [2.05, 4.69) is 24.2 Å². The van der Waals surface area contributed by atoms with Gasteiger partial charge in [0.2, 0.25) is 0 Å². The standard InChI is InChI=1S/C11H18ClN3/c1-3-6-15-10(8-13-14-15)11(2)5-4-9(12)7-11/h8-9H,3-7H2,1-2H3. The van der Waals surface area contributed by atoms with E-state index in [0.717, 1.165) is 32.2 Å². The minimum Gasteiger partial charge on any atom is -0.249 e. The van der Waals surface area contributed by atoms with Crippen molar-refractivity contribution in [1.29, 1.82) is 0 Å². The molecule has 1 aromatic rings. The molecule has 0 spiro atoms. The molecule has 2 rings (SSSR count). The molecule has 1 fully saturated rings. The van der Waals surface area contributed by atoms with Crippen LogP contribution in [0.5, 0.6) is 0 Å². The number of aryl methyl sites for hydroxylation is 1. The fraction of sp³-hybridized carbons (Fsp3) is 0.818. The molecule has 0 N–H and O–H groups in total. The van der Waals surface area contributed by atoms with Gasteiger partial charge in [-0.1, -0.05) is 19.1 Å². The van der Waals surface area contributed by atoms with E-state index >= 15 is 0 Å². The lowest BCUT2D eigenvalue weighted by molar-refractivity contribution is 0.425. The van der Waals surface area contributed by atoms with Crippen molar-refractivity contribution in [2.75, 3.05) is 0 Å². The monoisotopic (exact) mass is 227 g/mol. The number of halogens is 1. The highest BCUT2D eigenvalue weighted by Gasteiger charge is 2.38. The van der Waals surface area contributed by atoms with Crippen molar-refractivity contribution in [3.63, 3.8) is 0 Å². The zero-order chi connectivity index (χ0) is 10.9. The Morgan fingerprint density at radius 2 is 2.47 bits per heavy atom. The lowest BCUT2D eigenvalue weighted by atomic mass is 9.85. The van der Waals surface area contributed by atoms with Crippen molar-refractivity contribution in [2.24, 2.45) is 0 Å². The van der Waals surface area contributed by atoms with Crippen LogP contribution in [-0.4, -0.2) is 20.4 Å². The van der Waals surface area contributed by atoms with Gasteiger partial charge in [-0.25, -0.2) is 4.68 Å². The van der Waals surface area contributed by atoms with Crippen molar-refractivity contribution in [1.82, 2.24) is 15.0 Å². The van der Waals surface area contributed by atoms with Crippen LogP contribution >= 0.6 is 11.6 Å². The van der Waals surface area contributed by atoms with Gasteiger partial charge in [-0.2, -0.15) is 0 Å². The van der Waals surface area contributed by atoms with Crippen LogP contribution in [-0.2, 0) is 12.0 Å². The minimum atomic E-state index is 0.186. The Kier molecular flexibility index (Phi) is 3.01. The van der Waals surface area contributed by atoms with Gasteiger partial charge in [-0.3, -0.25) is 0 Å². The first-order valence-corrected chi connectivity index (χ1v) is 6.12. The number of alkyl halides is 1. The molecule has 0 amide bonds. The Hall–Kier alpha value is -0.570. The summed E-state index contributed by atoms with van der Waals surface area (Å²) >= 11 is 6.19. The molecule has 0 radical (unpaired) electrons. The van der Waals surface area contributed by atoms with E-state index in [1.807, 2.05) is 10.9 Å². The van der Waals surface area contributed by atoms with Crippen LogP contribution in [0.1, 0.15) is 45.2 Å². The molecule has 0 aromatic carbocycles. The first-order chi connectivity index (χ1) is 7.15. The van der Waals surface area contributed by atoms with Gasteiger partial charge >= 0.3 is 0 Å². The lowest BCUT2D eigenvalue weighted by Crippen LogP contribution is -2.23. The van der Waals surface area contributed by atoms with Gasteiger partial charge in [-0.15, -0.1) is 16.7 Å². The first kappa shape index (κ1) is 10.9. The molecule has 4 heteroatoms. The predicted molar refractivity (Wildman–Crippen MR) is 61.2 cm³/mol. The molecule has 84 valence electrons. The number of hydrogen-bond acceptors (Lipinski definition) is 2. The van der Waals surface area contributed by atoms with Crippen LogP contribution in [0.3, 0.4) is 0 Å². The van der Waals surface area contributed by atoms with E-state index < -0.39 is 0 Å². The Labute approximate surface area is 95.8 Å². The summed E-state index contributed by atoms with van der Waals surface area (Å²) in [4.78, 5) is 0. The van der Waals surface area contributed by atoms with Crippen molar-refractivity contribution >= 4 is 11.6 Å². The Morgan fingerprint density at radius 3 is 3.07 bits per heavy atom. The lowest BCUT2D eigenvalue weighted by Gasteiger charge is -2.23. The SMILES string of the molecule is CCCn1nncc1C1(C)CCC(Cl)C1. The summed E-state index contributed by atoms with van der Waals surface area (Å²) in [5.74, 6) is 0. The number of nitrogens with zero attached hydrogens (tertiary/aromatic N) is 3. The maximum Gasteiger partial charge on any atom is 0.0730 e. The van der Waals surface area contributed by atoms with Crippen molar-refractivity contribution in [3.05, 3.63) is 11.9 Å². The maximum atomic E-state index is 6.19. The van der Waals surface area contributed by atoms with Gasteiger partial charge in [0.15, 0.2) is 0 Å². The molecule has 0 bridgehead atoms. The second kappa shape index (κ2) is 4.12. The van der Waals surface area contributed by atoms with Gasteiger partial charge in [0, 0.05) is 17.3 Å². The zero-order valence-corrected chi connectivity index (χ0v) is 10.2. The Morgan fingerprint density at radius 1 is 1.67 bits per heavy atom. The van der Waals surface area contributed by atoms with Crippen LogP contribution in [0.25, 0.3) is 0 Å². The number of rotatable bonds is 3. The third-order valence-electron chi connectivity index (χ3n) is 3.35. The summed E-state index contributed by atoms with van der Waals surface area (Å²) in [6.07, 6.45) is 6.31. The van der Waals surface area contributed by atoms with Crippen molar-refractivity contribution in [3.8, 4) is 0 Å². The van der Waals surface area contributed by atoms with E-state index in [1.54, 1.807) is 0 Å². The molecule has 2 unspecified atom stereocenters. The normalized spacial score (nSPS) is 31.0. The smallest absolute Gasteiger partial charge is 0.0730 e. The third-order valence-corrected chi connectivity index (χ3v) is 3.73. The molecule has 15 heavy (non-hydrogen) atoms. The largest absolute Gasteiger partial charge is 0.249 e. The van der Waals surface area contributed by atoms with Gasteiger partial charge in [0.25, 0.3) is 0 Å². The van der Waals surface area contributed by atoms with Crippen LogP contribution in [0, 0.1) is 0 Å². The van der Waals surface area contributed by atoms with E-state index in [4.69, 9.17) is 11.6 Å². The predicted octanol–water partition coefficient (Wildman–Crippen LogP) is 2.74. The third kappa shape index (κ3) is 2.03. The summed E-state index contributed by atoms with van der Waals surface area (Å²) in [6.45, 7) is 5.39. The van der Waals surface area contributed by atoms with Crippen LogP contribution in [0.15, 0.2) is 6.20 Å². The molecule has 1 aliphatic carbocycles. The molecule has 3 nitrogen and oxygen atoms in total. The topological polar surface area (TPSA) is 30.7 Å². The first-order valence-electron chi connectivity index (χ1n) is 5.69. The summed E-state index contributed by atoms with van der Waals surface area (Å²) in [7, 11) is 0. The molecular weight excluding hydrogens is 210 g/mol.